The Labute approximate surface area is 147 Å². The minimum Gasteiger partial charge on any atom is -0.351 e. The first kappa shape index (κ1) is 16.4. The van der Waals surface area contributed by atoms with Crippen LogP contribution in [0.1, 0.15) is 22.6 Å². The lowest BCUT2D eigenvalue weighted by molar-refractivity contribution is 0.0947. The minimum absolute atomic E-state index is 0.209. The summed E-state index contributed by atoms with van der Waals surface area (Å²) in [5.41, 5.74) is 1.91. The number of carbonyl (C=O) groups is 1. The summed E-state index contributed by atoms with van der Waals surface area (Å²) in [7, 11) is 0. The lowest BCUT2D eigenvalue weighted by Gasteiger charge is -2.06. The predicted molar refractivity (Wildman–Crippen MR) is 93.0 cm³/mol. The summed E-state index contributed by atoms with van der Waals surface area (Å²) in [5, 5.41) is 11.0. The number of halogens is 1. The topological polar surface area (TPSA) is 77.6 Å². The van der Waals surface area contributed by atoms with E-state index in [1.54, 1.807) is 17.2 Å². The van der Waals surface area contributed by atoms with Gasteiger partial charge in [0.05, 0.1) is 17.7 Å². The Hall–Kier alpha value is -2.48. The van der Waals surface area contributed by atoms with Crippen LogP contribution in [-0.4, -0.2) is 37.0 Å². The SMILES string of the molecule is Cc1c(C(=O)NCCCn2ccnc2)nnn1-c1cccc(Br)c1. The first-order valence-corrected chi connectivity index (χ1v) is 8.36. The lowest BCUT2D eigenvalue weighted by Crippen LogP contribution is -2.26. The highest BCUT2D eigenvalue weighted by molar-refractivity contribution is 9.10. The molecule has 0 unspecified atom stereocenters. The molecule has 0 aliphatic heterocycles. The molecule has 0 spiro atoms. The zero-order valence-corrected chi connectivity index (χ0v) is 14.8. The van der Waals surface area contributed by atoms with Crippen LogP contribution < -0.4 is 5.32 Å². The average molecular weight is 389 g/mol. The molecule has 3 aromatic rings. The van der Waals surface area contributed by atoms with Crippen LogP contribution in [0.2, 0.25) is 0 Å². The second-order valence-corrected chi connectivity index (χ2v) is 6.24. The normalized spacial score (nSPS) is 10.8. The highest BCUT2D eigenvalue weighted by Gasteiger charge is 2.16. The fourth-order valence-electron chi connectivity index (χ4n) is 2.36. The van der Waals surface area contributed by atoms with Crippen molar-refractivity contribution >= 4 is 21.8 Å². The third-order valence-corrected chi connectivity index (χ3v) is 4.09. The van der Waals surface area contributed by atoms with Gasteiger partial charge in [-0.15, -0.1) is 5.10 Å². The number of nitrogens with one attached hydrogen (secondary N) is 1. The molecule has 0 radical (unpaired) electrons. The highest BCUT2D eigenvalue weighted by atomic mass is 79.9. The Kier molecular flexibility index (Phi) is 5.05. The molecule has 0 saturated heterocycles. The number of hydrogen-bond donors (Lipinski definition) is 1. The zero-order valence-electron chi connectivity index (χ0n) is 13.2. The van der Waals surface area contributed by atoms with Crippen molar-refractivity contribution in [3.8, 4) is 5.69 Å². The number of rotatable bonds is 6. The van der Waals surface area contributed by atoms with Crippen LogP contribution in [0.4, 0.5) is 0 Å². The van der Waals surface area contributed by atoms with Crippen molar-refractivity contribution < 1.29 is 4.79 Å². The molecule has 3 rings (SSSR count). The monoisotopic (exact) mass is 388 g/mol. The molecule has 124 valence electrons. The van der Waals surface area contributed by atoms with Crippen molar-refractivity contribution in [1.29, 1.82) is 0 Å². The number of nitrogens with zero attached hydrogens (tertiary/aromatic N) is 5. The summed E-state index contributed by atoms with van der Waals surface area (Å²) in [4.78, 5) is 16.3. The largest absolute Gasteiger partial charge is 0.351 e. The summed E-state index contributed by atoms with van der Waals surface area (Å²) >= 11 is 3.43. The van der Waals surface area contributed by atoms with Gasteiger partial charge < -0.3 is 9.88 Å². The van der Waals surface area contributed by atoms with Crippen molar-refractivity contribution in [2.45, 2.75) is 19.9 Å². The smallest absolute Gasteiger partial charge is 0.273 e. The molecule has 0 saturated carbocycles. The summed E-state index contributed by atoms with van der Waals surface area (Å²) < 4.78 is 4.58. The molecule has 1 amide bonds. The molecule has 2 aromatic heterocycles. The predicted octanol–water partition coefficient (Wildman–Crippen LogP) is 2.35. The summed E-state index contributed by atoms with van der Waals surface area (Å²) in [6.07, 6.45) is 6.22. The van der Waals surface area contributed by atoms with E-state index in [-0.39, 0.29) is 5.91 Å². The van der Waals surface area contributed by atoms with E-state index in [1.807, 2.05) is 42.0 Å². The quantitative estimate of drug-likeness (QED) is 0.657. The molecule has 0 atom stereocenters. The number of benzene rings is 1. The van der Waals surface area contributed by atoms with Crippen LogP contribution in [-0.2, 0) is 6.54 Å². The van der Waals surface area contributed by atoms with Gasteiger partial charge in [-0.2, -0.15) is 0 Å². The second-order valence-electron chi connectivity index (χ2n) is 5.33. The molecular formula is C16H17BrN6O. The number of hydrogen-bond acceptors (Lipinski definition) is 4. The molecule has 0 aliphatic carbocycles. The van der Waals surface area contributed by atoms with Crippen molar-refractivity contribution in [3.05, 3.63) is 58.8 Å². The summed E-state index contributed by atoms with van der Waals surface area (Å²) in [6, 6.07) is 7.69. The molecule has 1 aromatic carbocycles. The van der Waals surface area contributed by atoms with Crippen molar-refractivity contribution in [2.24, 2.45) is 0 Å². The first-order valence-electron chi connectivity index (χ1n) is 7.57. The Balaban J connectivity index is 1.61. The zero-order chi connectivity index (χ0) is 16.9. The standard InChI is InChI=1S/C16H17BrN6O/c1-12-15(16(24)19-6-3-8-22-9-7-18-11-22)20-21-23(12)14-5-2-4-13(17)10-14/h2,4-5,7,9-11H,3,6,8H2,1H3,(H,19,24). The Bertz CT molecular complexity index is 827. The van der Waals surface area contributed by atoms with Gasteiger partial charge in [-0.1, -0.05) is 27.2 Å². The molecule has 0 aliphatic rings. The maximum Gasteiger partial charge on any atom is 0.273 e. The molecule has 0 bridgehead atoms. The number of imidazole rings is 1. The van der Waals surface area contributed by atoms with Crippen molar-refractivity contribution in [1.82, 2.24) is 29.9 Å². The lowest BCUT2D eigenvalue weighted by atomic mass is 10.3. The van der Waals surface area contributed by atoms with E-state index in [0.717, 1.165) is 23.1 Å². The third kappa shape index (κ3) is 3.70. The van der Waals surface area contributed by atoms with Crippen LogP contribution in [0.5, 0.6) is 0 Å². The van der Waals surface area contributed by atoms with Crippen LogP contribution in [0.3, 0.4) is 0 Å². The van der Waals surface area contributed by atoms with Gasteiger partial charge in [-0.25, -0.2) is 9.67 Å². The van der Waals surface area contributed by atoms with Gasteiger partial charge in [0.2, 0.25) is 0 Å². The fraction of sp³-hybridized carbons (Fsp3) is 0.250. The average Bonchev–Trinajstić information content (AvgIpc) is 3.21. The Morgan fingerprint density at radius 3 is 3.00 bits per heavy atom. The summed E-state index contributed by atoms with van der Waals surface area (Å²) in [5.74, 6) is -0.209. The maximum atomic E-state index is 12.3. The number of carbonyl (C=O) groups excluding carboxylic acids is 1. The molecule has 7 nitrogen and oxygen atoms in total. The van der Waals surface area contributed by atoms with E-state index in [4.69, 9.17) is 0 Å². The van der Waals surface area contributed by atoms with Gasteiger partial charge >= 0.3 is 0 Å². The van der Waals surface area contributed by atoms with Gasteiger partial charge in [0.25, 0.3) is 5.91 Å². The van der Waals surface area contributed by atoms with Gasteiger partial charge in [-0.05, 0) is 31.5 Å². The van der Waals surface area contributed by atoms with Gasteiger partial charge in [0.1, 0.15) is 0 Å². The van der Waals surface area contributed by atoms with E-state index >= 15 is 0 Å². The second kappa shape index (κ2) is 7.39. The molecule has 8 heteroatoms. The van der Waals surface area contributed by atoms with Gasteiger partial charge in [0.15, 0.2) is 5.69 Å². The molecule has 1 N–H and O–H groups in total. The van der Waals surface area contributed by atoms with E-state index < -0.39 is 0 Å². The van der Waals surface area contributed by atoms with Crippen LogP contribution >= 0.6 is 15.9 Å². The van der Waals surface area contributed by atoms with E-state index in [1.165, 1.54) is 0 Å². The van der Waals surface area contributed by atoms with Crippen LogP contribution in [0.25, 0.3) is 5.69 Å². The van der Waals surface area contributed by atoms with E-state index in [0.29, 0.717) is 17.9 Å². The van der Waals surface area contributed by atoms with Gasteiger partial charge in [-0.3, -0.25) is 4.79 Å². The van der Waals surface area contributed by atoms with Crippen LogP contribution in [0.15, 0.2) is 47.5 Å². The molecule has 0 fully saturated rings. The molecular weight excluding hydrogens is 372 g/mol. The number of aromatic nitrogens is 5. The van der Waals surface area contributed by atoms with Crippen molar-refractivity contribution in [2.75, 3.05) is 6.54 Å². The highest BCUT2D eigenvalue weighted by Crippen LogP contribution is 2.17. The fourth-order valence-corrected chi connectivity index (χ4v) is 2.75. The number of aryl methyl sites for hydroxylation is 1. The summed E-state index contributed by atoms with van der Waals surface area (Å²) in [6.45, 7) is 3.21. The Morgan fingerprint density at radius 1 is 1.38 bits per heavy atom. The number of amides is 1. The van der Waals surface area contributed by atoms with Gasteiger partial charge in [0, 0.05) is 30.0 Å². The molecule has 2 heterocycles. The third-order valence-electron chi connectivity index (χ3n) is 3.60. The van der Waals surface area contributed by atoms with E-state index in [2.05, 4.69) is 36.5 Å². The van der Waals surface area contributed by atoms with E-state index in [9.17, 15) is 4.79 Å². The van der Waals surface area contributed by atoms with Crippen molar-refractivity contribution in [3.63, 3.8) is 0 Å². The maximum absolute atomic E-state index is 12.3. The first-order chi connectivity index (χ1) is 11.6. The Morgan fingerprint density at radius 2 is 2.25 bits per heavy atom. The molecule has 24 heavy (non-hydrogen) atoms. The van der Waals surface area contributed by atoms with Crippen LogP contribution in [0, 0.1) is 6.92 Å². The minimum atomic E-state index is -0.209.